The molecule has 0 saturated carbocycles. The lowest BCUT2D eigenvalue weighted by molar-refractivity contribution is 0.0941. The number of hydrogen-bond donors (Lipinski definition) is 2. The van der Waals surface area contributed by atoms with Crippen LogP contribution >= 0.6 is 24.2 Å². The Bertz CT molecular complexity index is 329. The normalized spacial score (nSPS) is 11.4. The highest BCUT2D eigenvalue weighted by atomic mass is 35.5. The van der Waals surface area contributed by atoms with E-state index in [9.17, 15) is 4.79 Å². The average Bonchev–Trinajstić information content (AvgIpc) is 2.29. The van der Waals surface area contributed by atoms with Crippen molar-refractivity contribution in [3.63, 3.8) is 0 Å². The predicted octanol–water partition coefficient (Wildman–Crippen LogP) is 1.91. The zero-order valence-corrected chi connectivity index (χ0v) is 11.0. The van der Waals surface area contributed by atoms with Crippen LogP contribution in [-0.2, 0) is 0 Å². The van der Waals surface area contributed by atoms with Crippen LogP contribution in [0.15, 0.2) is 29.2 Å². The van der Waals surface area contributed by atoms with Crippen molar-refractivity contribution in [2.24, 2.45) is 5.73 Å². The molecule has 90 valence electrons. The second kappa shape index (κ2) is 7.54. The summed E-state index contributed by atoms with van der Waals surface area (Å²) in [6.45, 7) is 2.34. The zero-order valence-electron chi connectivity index (χ0n) is 9.40. The molecule has 1 aromatic carbocycles. The molecule has 0 fully saturated rings. The lowest BCUT2D eigenvalue weighted by Gasteiger charge is -2.11. The van der Waals surface area contributed by atoms with Gasteiger partial charge in [0, 0.05) is 23.0 Å². The number of carbonyl (C=O) groups is 1. The molecule has 0 saturated heterocycles. The molecule has 0 spiro atoms. The molecule has 0 bridgehead atoms. The van der Waals surface area contributed by atoms with E-state index in [1.807, 2.05) is 37.4 Å². The largest absolute Gasteiger partial charge is 0.348 e. The number of benzene rings is 1. The first-order chi connectivity index (χ1) is 7.17. The molecule has 0 aliphatic heterocycles. The second-order valence-corrected chi connectivity index (χ2v) is 4.22. The molecule has 16 heavy (non-hydrogen) atoms. The Morgan fingerprint density at radius 2 is 2.00 bits per heavy atom. The van der Waals surface area contributed by atoms with Gasteiger partial charge in [-0.1, -0.05) is 0 Å². The molecular formula is C11H17ClN2OS. The monoisotopic (exact) mass is 260 g/mol. The first-order valence-electron chi connectivity index (χ1n) is 4.82. The van der Waals surface area contributed by atoms with E-state index in [0.717, 1.165) is 4.90 Å². The predicted molar refractivity (Wildman–Crippen MR) is 71.5 cm³/mol. The smallest absolute Gasteiger partial charge is 0.251 e. The summed E-state index contributed by atoms with van der Waals surface area (Å²) >= 11 is 1.66. The molecule has 3 nitrogen and oxygen atoms in total. The third kappa shape index (κ3) is 4.43. The van der Waals surface area contributed by atoms with Crippen LogP contribution in [-0.4, -0.2) is 24.7 Å². The summed E-state index contributed by atoms with van der Waals surface area (Å²) in [6, 6.07) is 7.53. The molecule has 1 aromatic rings. The van der Waals surface area contributed by atoms with E-state index in [1.165, 1.54) is 0 Å². The van der Waals surface area contributed by atoms with E-state index in [2.05, 4.69) is 5.32 Å². The summed E-state index contributed by atoms with van der Waals surface area (Å²) in [5.74, 6) is -0.0689. The molecule has 0 heterocycles. The van der Waals surface area contributed by atoms with Gasteiger partial charge in [0.25, 0.3) is 5.91 Å². The van der Waals surface area contributed by atoms with Gasteiger partial charge in [0.05, 0.1) is 0 Å². The van der Waals surface area contributed by atoms with Crippen LogP contribution in [0.4, 0.5) is 0 Å². The van der Waals surface area contributed by atoms with E-state index in [-0.39, 0.29) is 24.4 Å². The van der Waals surface area contributed by atoms with E-state index < -0.39 is 0 Å². The first-order valence-corrected chi connectivity index (χ1v) is 6.05. The van der Waals surface area contributed by atoms with Crippen molar-refractivity contribution in [1.82, 2.24) is 5.32 Å². The van der Waals surface area contributed by atoms with Crippen molar-refractivity contribution in [3.8, 4) is 0 Å². The third-order valence-electron chi connectivity index (χ3n) is 2.08. The minimum atomic E-state index is -0.0689. The van der Waals surface area contributed by atoms with Crippen molar-refractivity contribution in [3.05, 3.63) is 29.8 Å². The van der Waals surface area contributed by atoms with Gasteiger partial charge in [0.1, 0.15) is 0 Å². The fourth-order valence-electron chi connectivity index (χ4n) is 1.11. The number of carbonyl (C=O) groups excluding carboxylic acids is 1. The van der Waals surface area contributed by atoms with Crippen LogP contribution in [0.25, 0.3) is 0 Å². The van der Waals surface area contributed by atoms with E-state index in [4.69, 9.17) is 5.73 Å². The number of thioether (sulfide) groups is 1. The molecule has 1 amide bonds. The molecule has 0 aromatic heterocycles. The Balaban J connectivity index is 0.00000225. The average molecular weight is 261 g/mol. The minimum Gasteiger partial charge on any atom is -0.348 e. The fourth-order valence-corrected chi connectivity index (χ4v) is 1.52. The van der Waals surface area contributed by atoms with Crippen LogP contribution in [0.1, 0.15) is 17.3 Å². The van der Waals surface area contributed by atoms with Crippen LogP contribution in [0, 0.1) is 0 Å². The molecule has 0 radical (unpaired) electrons. The van der Waals surface area contributed by atoms with Crippen LogP contribution < -0.4 is 11.1 Å². The number of amides is 1. The third-order valence-corrected chi connectivity index (χ3v) is 2.83. The number of hydrogen-bond acceptors (Lipinski definition) is 3. The number of halogens is 1. The highest BCUT2D eigenvalue weighted by Crippen LogP contribution is 2.14. The molecule has 1 rings (SSSR count). The maximum Gasteiger partial charge on any atom is 0.251 e. The quantitative estimate of drug-likeness (QED) is 0.813. The highest BCUT2D eigenvalue weighted by Gasteiger charge is 2.07. The Morgan fingerprint density at radius 1 is 1.44 bits per heavy atom. The fraction of sp³-hybridized carbons (Fsp3) is 0.364. The lowest BCUT2D eigenvalue weighted by Crippen LogP contribution is -2.37. The van der Waals surface area contributed by atoms with Crippen molar-refractivity contribution < 1.29 is 4.79 Å². The van der Waals surface area contributed by atoms with Crippen molar-refractivity contribution in [2.45, 2.75) is 17.9 Å². The zero-order chi connectivity index (χ0) is 11.3. The molecule has 0 aliphatic carbocycles. The molecular weight excluding hydrogens is 244 g/mol. The van der Waals surface area contributed by atoms with Gasteiger partial charge in [-0.05, 0) is 37.4 Å². The summed E-state index contributed by atoms with van der Waals surface area (Å²) in [4.78, 5) is 12.8. The van der Waals surface area contributed by atoms with Crippen molar-refractivity contribution in [1.29, 1.82) is 0 Å². The van der Waals surface area contributed by atoms with Gasteiger partial charge in [0.15, 0.2) is 0 Å². The maximum atomic E-state index is 11.6. The minimum absolute atomic E-state index is 0. The van der Waals surface area contributed by atoms with E-state index in [0.29, 0.717) is 12.1 Å². The van der Waals surface area contributed by atoms with Crippen LogP contribution in [0.2, 0.25) is 0 Å². The van der Waals surface area contributed by atoms with Gasteiger partial charge in [-0.3, -0.25) is 4.79 Å². The highest BCUT2D eigenvalue weighted by molar-refractivity contribution is 7.98. The molecule has 3 N–H and O–H groups in total. The standard InChI is InChI=1S/C11H16N2OS.ClH/c1-8(7-12)13-11(14)9-3-5-10(15-2)6-4-9;/h3-6,8H,7,12H2,1-2H3,(H,13,14);1H/t8-;/m0./s1. The number of rotatable bonds is 4. The lowest BCUT2D eigenvalue weighted by atomic mass is 10.2. The topological polar surface area (TPSA) is 55.1 Å². The molecule has 0 aliphatic rings. The van der Waals surface area contributed by atoms with E-state index in [1.54, 1.807) is 11.8 Å². The van der Waals surface area contributed by atoms with Gasteiger partial charge in [-0.15, -0.1) is 24.2 Å². The Kier molecular flexibility index (Phi) is 7.21. The summed E-state index contributed by atoms with van der Waals surface area (Å²) in [5.41, 5.74) is 6.10. The molecule has 0 unspecified atom stereocenters. The van der Waals surface area contributed by atoms with Gasteiger partial charge in [-0.25, -0.2) is 0 Å². The molecule has 1 atom stereocenters. The second-order valence-electron chi connectivity index (χ2n) is 3.34. The summed E-state index contributed by atoms with van der Waals surface area (Å²) in [7, 11) is 0. The summed E-state index contributed by atoms with van der Waals surface area (Å²) < 4.78 is 0. The summed E-state index contributed by atoms with van der Waals surface area (Å²) in [6.07, 6.45) is 2.01. The number of nitrogens with one attached hydrogen (secondary N) is 1. The molecule has 5 heteroatoms. The van der Waals surface area contributed by atoms with Gasteiger partial charge in [0.2, 0.25) is 0 Å². The maximum absolute atomic E-state index is 11.6. The first kappa shape index (κ1) is 15.3. The van der Waals surface area contributed by atoms with E-state index >= 15 is 0 Å². The Labute approximate surface area is 107 Å². The van der Waals surface area contributed by atoms with Crippen molar-refractivity contribution in [2.75, 3.05) is 12.8 Å². The summed E-state index contributed by atoms with van der Waals surface area (Å²) in [5, 5.41) is 2.81. The van der Waals surface area contributed by atoms with Gasteiger partial charge in [-0.2, -0.15) is 0 Å². The Hall–Kier alpha value is -0.710. The van der Waals surface area contributed by atoms with Crippen LogP contribution in [0.5, 0.6) is 0 Å². The number of nitrogens with two attached hydrogens (primary N) is 1. The van der Waals surface area contributed by atoms with Gasteiger partial charge >= 0.3 is 0 Å². The van der Waals surface area contributed by atoms with Crippen molar-refractivity contribution >= 4 is 30.1 Å². The SMILES string of the molecule is CSc1ccc(C(=O)N[C@@H](C)CN)cc1.Cl. The Morgan fingerprint density at radius 3 is 2.44 bits per heavy atom. The van der Waals surface area contributed by atoms with Gasteiger partial charge < -0.3 is 11.1 Å². The van der Waals surface area contributed by atoms with Crippen LogP contribution in [0.3, 0.4) is 0 Å².